The summed E-state index contributed by atoms with van der Waals surface area (Å²) in [6.45, 7) is 1.71. The van der Waals surface area contributed by atoms with Gasteiger partial charge in [0.05, 0.1) is 0 Å². The molecule has 0 saturated carbocycles. The van der Waals surface area contributed by atoms with Crippen molar-refractivity contribution >= 4 is 35.1 Å². The van der Waals surface area contributed by atoms with Crippen molar-refractivity contribution in [1.82, 2.24) is 5.32 Å². The molecular weight excluding hydrogens is 245 g/mol. The van der Waals surface area contributed by atoms with Gasteiger partial charge in [-0.15, -0.1) is 23.2 Å². The number of carbonyl (C=O) groups is 2. The van der Waals surface area contributed by atoms with Crippen LogP contribution in [0.3, 0.4) is 0 Å². The van der Waals surface area contributed by atoms with Crippen molar-refractivity contribution in [2.45, 2.75) is 0 Å². The van der Waals surface area contributed by atoms with Crippen LogP contribution in [0.25, 0.3) is 0 Å². The second kappa shape index (κ2) is 13.2. The van der Waals surface area contributed by atoms with Gasteiger partial charge in [0, 0.05) is 37.0 Å². The van der Waals surface area contributed by atoms with E-state index in [2.05, 4.69) is 5.32 Å². The first-order valence-electron chi connectivity index (χ1n) is 4.01. The molecule has 5 nitrogen and oxygen atoms in total. The minimum absolute atomic E-state index is 0.558. The summed E-state index contributed by atoms with van der Waals surface area (Å²) in [6.07, 6.45) is 1.12. The number of halogens is 2. The van der Waals surface area contributed by atoms with Crippen molar-refractivity contribution in [2.24, 2.45) is 0 Å². The van der Waals surface area contributed by atoms with E-state index in [1.165, 1.54) is 0 Å². The molecule has 0 amide bonds. The van der Waals surface area contributed by atoms with E-state index in [9.17, 15) is 9.59 Å². The van der Waals surface area contributed by atoms with Crippen LogP contribution in [0.4, 0.5) is 0 Å². The van der Waals surface area contributed by atoms with Gasteiger partial charge in [-0.1, -0.05) is 0 Å². The number of carboxylic acid groups (broad SMARTS) is 2. The van der Waals surface area contributed by atoms with Crippen LogP contribution in [0.5, 0.6) is 0 Å². The second-order valence-electron chi connectivity index (χ2n) is 2.14. The van der Waals surface area contributed by atoms with Crippen molar-refractivity contribution in [3.63, 3.8) is 0 Å². The molecule has 0 aliphatic carbocycles. The van der Waals surface area contributed by atoms with Gasteiger partial charge in [0.1, 0.15) is 0 Å². The van der Waals surface area contributed by atoms with E-state index in [-0.39, 0.29) is 0 Å². The lowest BCUT2D eigenvalue weighted by molar-refractivity contribution is -0.134. The molecular formula is C8H13Cl2NO4. The highest BCUT2D eigenvalue weighted by Crippen LogP contribution is 1.71. The standard InChI is InChI=1S/C4H9Cl2N.C4H4O4/c5-1-3-7-4-2-6;5-3(6)1-2-4(7)8/h7H,1-4H2;1-2H,(H,5,6)(H,7,8)/b;2-1-. The van der Waals surface area contributed by atoms with Gasteiger partial charge in [-0.3, -0.25) is 0 Å². The van der Waals surface area contributed by atoms with Crippen molar-refractivity contribution in [3.05, 3.63) is 12.2 Å². The van der Waals surface area contributed by atoms with Crippen molar-refractivity contribution in [1.29, 1.82) is 0 Å². The molecule has 7 heteroatoms. The molecule has 0 bridgehead atoms. The molecule has 0 aromatic carbocycles. The summed E-state index contributed by atoms with van der Waals surface area (Å²) >= 11 is 10.7. The molecule has 0 aromatic heterocycles. The molecule has 0 fully saturated rings. The van der Waals surface area contributed by atoms with E-state index in [0.29, 0.717) is 23.9 Å². The fourth-order valence-corrected chi connectivity index (χ4v) is 0.668. The number of alkyl halides is 2. The van der Waals surface area contributed by atoms with Gasteiger partial charge >= 0.3 is 11.9 Å². The first-order valence-corrected chi connectivity index (χ1v) is 5.08. The summed E-state index contributed by atoms with van der Waals surface area (Å²) < 4.78 is 0. The molecule has 0 rings (SSSR count). The molecule has 88 valence electrons. The number of carboxylic acids is 2. The van der Waals surface area contributed by atoms with E-state index in [1.54, 1.807) is 0 Å². The maximum Gasteiger partial charge on any atom is 0.328 e. The third-order valence-electron chi connectivity index (χ3n) is 0.911. The molecule has 0 spiro atoms. The Labute approximate surface area is 97.7 Å². The smallest absolute Gasteiger partial charge is 0.328 e. The average Bonchev–Trinajstić information content (AvgIpc) is 2.17. The minimum atomic E-state index is -1.26. The zero-order valence-corrected chi connectivity index (χ0v) is 9.46. The Hall–Kier alpha value is -0.780. The summed E-state index contributed by atoms with van der Waals surface area (Å²) in [4.78, 5) is 19.1. The Kier molecular flexibility index (Phi) is 14.7. The highest BCUT2D eigenvalue weighted by Gasteiger charge is 1.88. The van der Waals surface area contributed by atoms with Gasteiger partial charge in [-0.25, -0.2) is 9.59 Å². The van der Waals surface area contributed by atoms with Crippen LogP contribution in [0.2, 0.25) is 0 Å². The number of hydrogen-bond acceptors (Lipinski definition) is 3. The van der Waals surface area contributed by atoms with Crippen LogP contribution in [0.15, 0.2) is 12.2 Å². The summed E-state index contributed by atoms with van der Waals surface area (Å²) in [5.41, 5.74) is 0. The highest BCUT2D eigenvalue weighted by atomic mass is 35.5. The fourth-order valence-electron chi connectivity index (χ4n) is 0.401. The minimum Gasteiger partial charge on any atom is -0.478 e. The Balaban J connectivity index is 0. The SMILES string of the molecule is ClCCNCCCl.O=C(O)/C=C\C(=O)O. The van der Waals surface area contributed by atoms with Crippen LogP contribution >= 0.6 is 23.2 Å². The van der Waals surface area contributed by atoms with Gasteiger partial charge < -0.3 is 15.5 Å². The molecule has 0 aliphatic heterocycles. The highest BCUT2D eigenvalue weighted by molar-refractivity contribution is 6.18. The molecule has 0 heterocycles. The third-order valence-corrected chi connectivity index (χ3v) is 1.29. The zero-order chi connectivity index (χ0) is 12.1. The lowest BCUT2D eigenvalue weighted by Crippen LogP contribution is -2.18. The number of rotatable bonds is 6. The van der Waals surface area contributed by atoms with E-state index < -0.39 is 11.9 Å². The molecule has 15 heavy (non-hydrogen) atoms. The van der Waals surface area contributed by atoms with Crippen LogP contribution < -0.4 is 5.32 Å². The van der Waals surface area contributed by atoms with Gasteiger partial charge in [0.25, 0.3) is 0 Å². The largest absolute Gasteiger partial charge is 0.478 e. The summed E-state index contributed by atoms with van der Waals surface area (Å²) in [5.74, 6) is -1.19. The Morgan fingerprint density at radius 2 is 1.33 bits per heavy atom. The summed E-state index contributed by atoms with van der Waals surface area (Å²) in [7, 11) is 0. The second-order valence-corrected chi connectivity index (χ2v) is 2.89. The first-order chi connectivity index (χ1) is 7.04. The normalized spacial score (nSPS) is 9.47. The first kappa shape index (κ1) is 16.6. The van der Waals surface area contributed by atoms with Crippen LogP contribution in [-0.4, -0.2) is 47.0 Å². The van der Waals surface area contributed by atoms with E-state index in [0.717, 1.165) is 13.1 Å². The van der Waals surface area contributed by atoms with Crippen molar-refractivity contribution in [2.75, 3.05) is 24.8 Å². The Bertz CT molecular complexity index is 189. The molecule has 0 aromatic rings. The third kappa shape index (κ3) is 24.6. The Morgan fingerprint density at radius 3 is 1.53 bits per heavy atom. The number of aliphatic carboxylic acids is 2. The van der Waals surface area contributed by atoms with Crippen LogP contribution in [0, 0.1) is 0 Å². The molecule has 0 saturated heterocycles. The predicted molar refractivity (Wildman–Crippen MR) is 58.7 cm³/mol. The Morgan fingerprint density at radius 1 is 1.00 bits per heavy atom. The molecule has 0 aliphatic rings. The average molecular weight is 258 g/mol. The molecule has 3 N–H and O–H groups in total. The molecule has 0 unspecified atom stereocenters. The fraction of sp³-hybridized carbons (Fsp3) is 0.500. The van der Waals surface area contributed by atoms with E-state index in [4.69, 9.17) is 33.4 Å². The molecule has 0 radical (unpaired) electrons. The maximum atomic E-state index is 9.55. The lowest BCUT2D eigenvalue weighted by Gasteiger charge is -1.93. The van der Waals surface area contributed by atoms with Gasteiger partial charge in [-0.2, -0.15) is 0 Å². The quantitative estimate of drug-likeness (QED) is 0.372. The monoisotopic (exact) mass is 257 g/mol. The van der Waals surface area contributed by atoms with Crippen LogP contribution in [0.1, 0.15) is 0 Å². The zero-order valence-electron chi connectivity index (χ0n) is 7.95. The van der Waals surface area contributed by atoms with Crippen molar-refractivity contribution in [3.8, 4) is 0 Å². The maximum absolute atomic E-state index is 9.55. The summed E-state index contributed by atoms with van der Waals surface area (Å²) in [6, 6.07) is 0. The lowest BCUT2D eigenvalue weighted by atomic mass is 10.5. The van der Waals surface area contributed by atoms with Gasteiger partial charge in [0.15, 0.2) is 0 Å². The predicted octanol–water partition coefficient (Wildman–Crippen LogP) is 0.765. The number of hydrogen-bond donors (Lipinski definition) is 3. The summed E-state index contributed by atoms with van der Waals surface area (Å²) in [5, 5.41) is 18.6. The number of nitrogens with one attached hydrogen (secondary N) is 1. The topological polar surface area (TPSA) is 86.6 Å². The van der Waals surface area contributed by atoms with E-state index >= 15 is 0 Å². The van der Waals surface area contributed by atoms with Crippen LogP contribution in [-0.2, 0) is 9.59 Å². The van der Waals surface area contributed by atoms with Gasteiger partial charge in [-0.05, 0) is 0 Å². The van der Waals surface area contributed by atoms with Crippen molar-refractivity contribution < 1.29 is 19.8 Å². The molecule has 0 atom stereocenters. The van der Waals surface area contributed by atoms with Gasteiger partial charge in [0.2, 0.25) is 0 Å². The van der Waals surface area contributed by atoms with E-state index in [1.807, 2.05) is 0 Å².